The molecule has 0 radical (unpaired) electrons. The summed E-state index contributed by atoms with van der Waals surface area (Å²) in [5.41, 5.74) is 1.27. The molecule has 2 heterocycles. The third kappa shape index (κ3) is 5.58. The third-order valence-electron chi connectivity index (χ3n) is 6.76. The minimum atomic E-state index is -4.92. The maximum absolute atomic E-state index is 13.2. The number of anilines is 2. The molecule has 3 atom stereocenters. The lowest BCUT2D eigenvalue weighted by molar-refractivity contribution is -0.274. The predicted molar refractivity (Wildman–Crippen MR) is 139 cm³/mol. The Morgan fingerprint density at radius 3 is 2.12 bits per heavy atom. The molecule has 2 aliphatic rings. The van der Waals surface area contributed by atoms with E-state index in [1.54, 1.807) is 43.3 Å². The Balaban J connectivity index is 1.48. The van der Waals surface area contributed by atoms with Crippen molar-refractivity contribution < 1.29 is 41.0 Å². The van der Waals surface area contributed by atoms with Gasteiger partial charge in [-0.15, -0.1) is 13.2 Å². The molecule has 3 aromatic rings. The number of benzene rings is 3. The zero-order chi connectivity index (χ0) is 28.7. The van der Waals surface area contributed by atoms with Crippen molar-refractivity contribution in [3.63, 3.8) is 0 Å². The van der Waals surface area contributed by atoms with Gasteiger partial charge in [0, 0.05) is 19.5 Å². The molecule has 3 aromatic carbocycles. The number of halogens is 3. The van der Waals surface area contributed by atoms with Crippen molar-refractivity contribution in [2.75, 3.05) is 18.0 Å². The molecule has 1 fully saturated rings. The van der Waals surface area contributed by atoms with E-state index in [9.17, 15) is 31.5 Å². The normalized spacial score (nSPS) is 20.8. The van der Waals surface area contributed by atoms with Gasteiger partial charge >= 0.3 is 6.36 Å². The van der Waals surface area contributed by atoms with Gasteiger partial charge in [0.05, 0.1) is 34.5 Å². The smallest absolute Gasteiger partial charge is 0.453 e. The van der Waals surface area contributed by atoms with E-state index in [1.807, 2.05) is 17.0 Å². The molecular weight excluding hydrogens is 551 g/mol. The predicted octanol–water partition coefficient (Wildman–Crippen LogP) is 4.16. The maximum atomic E-state index is 13.2. The molecule has 0 saturated carbocycles. The van der Waals surface area contributed by atoms with Crippen molar-refractivity contribution in [1.29, 1.82) is 0 Å². The first-order chi connectivity index (χ1) is 19.0. The Kier molecular flexibility index (Phi) is 7.38. The van der Waals surface area contributed by atoms with Gasteiger partial charge in [-0.1, -0.05) is 31.2 Å². The van der Waals surface area contributed by atoms with Crippen LogP contribution in [0.3, 0.4) is 0 Å². The standard InChI is InChI=1S/C27H26F3N3O6S/c1-2-25(34)32-15-19(31-40(36,37)18-13-11-17(12-14-18)39-27(28,29)30)26(35)22(16-32)33-20-7-3-5-9-23(20)38-24-10-6-4-8-21(24)33/h3-14,19,22,26,31,35H,2,15-16H2,1H3/t19-,22+,26+/m1/s1. The Labute approximate surface area is 228 Å². The molecule has 40 heavy (non-hydrogen) atoms. The summed E-state index contributed by atoms with van der Waals surface area (Å²) in [4.78, 5) is 15.9. The number of rotatable bonds is 6. The first-order valence-electron chi connectivity index (χ1n) is 12.5. The molecule has 2 aliphatic heterocycles. The highest BCUT2D eigenvalue weighted by atomic mass is 32.2. The molecule has 0 unspecified atom stereocenters. The van der Waals surface area contributed by atoms with Crippen LogP contribution in [0.5, 0.6) is 17.2 Å². The molecule has 5 rings (SSSR count). The van der Waals surface area contributed by atoms with E-state index in [-0.39, 0.29) is 30.3 Å². The average Bonchev–Trinajstić information content (AvgIpc) is 2.92. The molecule has 1 saturated heterocycles. The van der Waals surface area contributed by atoms with Crippen LogP contribution in [0, 0.1) is 0 Å². The summed E-state index contributed by atoms with van der Waals surface area (Å²) in [5.74, 6) is 0.259. The van der Waals surface area contributed by atoms with Crippen LogP contribution in [-0.4, -0.2) is 62.0 Å². The van der Waals surface area contributed by atoms with Gasteiger partial charge in [0.25, 0.3) is 0 Å². The molecule has 0 aliphatic carbocycles. The monoisotopic (exact) mass is 577 g/mol. The zero-order valence-electron chi connectivity index (χ0n) is 21.2. The lowest BCUT2D eigenvalue weighted by atomic mass is 9.94. The molecule has 13 heteroatoms. The number of amides is 1. The maximum Gasteiger partial charge on any atom is 0.573 e. The molecule has 0 spiro atoms. The minimum Gasteiger partial charge on any atom is -0.453 e. The number of nitrogens with one attached hydrogen (secondary N) is 1. The fourth-order valence-electron chi connectivity index (χ4n) is 4.97. The zero-order valence-corrected chi connectivity index (χ0v) is 22.0. The van der Waals surface area contributed by atoms with E-state index < -0.39 is 40.3 Å². The second-order valence-electron chi connectivity index (χ2n) is 9.36. The van der Waals surface area contributed by atoms with Gasteiger partial charge in [0.15, 0.2) is 11.5 Å². The van der Waals surface area contributed by atoms with Gasteiger partial charge in [-0.3, -0.25) is 4.79 Å². The van der Waals surface area contributed by atoms with Crippen LogP contribution in [0.1, 0.15) is 13.3 Å². The number of piperidine rings is 1. The second kappa shape index (κ2) is 10.6. The van der Waals surface area contributed by atoms with Crippen LogP contribution in [0.25, 0.3) is 0 Å². The van der Waals surface area contributed by atoms with Crippen LogP contribution < -0.4 is 19.1 Å². The fraction of sp³-hybridized carbons (Fsp3) is 0.296. The van der Waals surface area contributed by atoms with Crippen molar-refractivity contribution in [3.8, 4) is 17.2 Å². The van der Waals surface area contributed by atoms with Gasteiger partial charge in [-0.25, -0.2) is 13.1 Å². The molecule has 9 nitrogen and oxygen atoms in total. The van der Waals surface area contributed by atoms with Gasteiger partial charge in [0.2, 0.25) is 15.9 Å². The summed E-state index contributed by atoms with van der Waals surface area (Å²) in [6.07, 6.45) is -6.05. The average molecular weight is 578 g/mol. The number of hydrogen-bond donors (Lipinski definition) is 2. The first-order valence-corrected chi connectivity index (χ1v) is 13.9. The topological polar surface area (TPSA) is 108 Å². The van der Waals surface area contributed by atoms with Gasteiger partial charge in [-0.05, 0) is 48.5 Å². The SMILES string of the molecule is CCC(=O)N1C[C@@H](NS(=O)(=O)c2ccc(OC(F)(F)F)cc2)[C@H](O)[C@@H](N2c3ccccc3Oc3ccccc32)C1. The fourth-order valence-corrected chi connectivity index (χ4v) is 6.21. The summed E-state index contributed by atoms with van der Waals surface area (Å²) in [6.45, 7) is 1.69. The summed E-state index contributed by atoms with van der Waals surface area (Å²) < 4.78 is 76.3. The number of sulfonamides is 1. The number of carbonyl (C=O) groups is 1. The molecule has 0 aromatic heterocycles. The molecule has 1 amide bonds. The van der Waals surface area contributed by atoms with Crippen LogP contribution in [0.2, 0.25) is 0 Å². The van der Waals surface area contributed by atoms with Crippen molar-refractivity contribution >= 4 is 27.3 Å². The minimum absolute atomic E-state index is 0.105. The number of aliphatic hydroxyl groups excluding tert-OH is 1. The number of likely N-dealkylation sites (tertiary alicyclic amines) is 1. The number of para-hydroxylation sites is 4. The van der Waals surface area contributed by atoms with Crippen LogP contribution in [0.15, 0.2) is 77.7 Å². The van der Waals surface area contributed by atoms with Gasteiger partial charge < -0.3 is 24.4 Å². The highest BCUT2D eigenvalue weighted by molar-refractivity contribution is 7.89. The summed E-state index contributed by atoms with van der Waals surface area (Å²) in [5, 5.41) is 11.6. The van der Waals surface area contributed by atoms with Crippen molar-refractivity contribution in [1.82, 2.24) is 9.62 Å². The van der Waals surface area contributed by atoms with E-state index in [0.717, 1.165) is 24.3 Å². The number of alkyl halides is 3. The number of carbonyl (C=O) groups excluding carboxylic acids is 1. The lowest BCUT2D eigenvalue weighted by Gasteiger charge is -2.48. The van der Waals surface area contributed by atoms with Gasteiger partial charge in [-0.2, -0.15) is 0 Å². The van der Waals surface area contributed by atoms with E-state index in [4.69, 9.17) is 4.74 Å². The quantitative estimate of drug-likeness (QED) is 0.453. The largest absolute Gasteiger partial charge is 0.573 e. The molecule has 212 valence electrons. The van der Waals surface area contributed by atoms with Gasteiger partial charge in [0.1, 0.15) is 5.75 Å². The molecular formula is C27H26F3N3O6S. The van der Waals surface area contributed by atoms with E-state index in [2.05, 4.69) is 9.46 Å². The number of fused-ring (bicyclic) bond motifs is 2. The lowest BCUT2D eigenvalue weighted by Crippen LogP contribution is -2.66. The summed E-state index contributed by atoms with van der Waals surface area (Å²) in [6, 6.07) is 16.2. The van der Waals surface area contributed by atoms with Crippen molar-refractivity contribution in [2.24, 2.45) is 0 Å². The summed E-state index contributed by atoms with van der Waals surface area (Å²) >= 11 is 0. The highest BCUT2D eigenvalue weighted by Gasteiger charge is 2.44. The summed E-state index contributed by atoms with van der Waals surface area (Å²) in [7, 11) is -4.31. The highest BCUT2D eigenvalue weighted by Crippen LogP contribution is 2.48. The molecule has 0 bridgehead atoms. The Hall–Kier alpha value is -3.81. The van der Waals surface area contributed by atoms with E-state index in [0.29, 0.717) is 22.9 Å². The Morgan fingerprint density at radius 1 is 1.00 bits per heavy atom. The van der Waals surface area contributed by atoms with E-state index >= 15 is 0 Å². The van der Waals surface area contributed by atoms with E-state index in [1.165, 1.54) is 4.90 Å². The number of hydrogen-bond acceptors (Lipinski definition) is 7. The Morgan fingerprint density at radius 2 is 1.57 bits per heavy atom. The van der Waals surface area contributed by atoms with Crippen LogP contribution >= 0.6 is 0 Å². The third-order valence-corrected chi connectivity index (χ3v) is 8.27. The number of nitrogens with zero attached hydrogens (tertiary/aromatic N) is 2. The Bertz CT molecular complexity index is 1450. The van der Waals surface area contributed by atoms with Crippen molar-refractivity contribution in [2.45, 2.75) is 42.8 Å². The van der Waals surface area contributed by atoms with Crippen LogP contribution in [0.4, 0.5) is 24.5 Å². The van der Waals surface area contributed by atoms with Crippen LogP contribution in [-0.2, 0) is 14.8 Å². The molecule has 2 N–H and O–H groups in total. The number of aliphatic hydroxyl groups is 1. The first kappa shape index (κ1) is 27.7. The number of ether oxygens (including phenoxy) is 2. The second-order valence-corrected chi connectivity index (χ2v) is 11.1. The van der Waals surface area contributed by atoms with Crippen molar-refractivity contribution in [3.05, 3.63) is 72.8 Å².